The highest BCUT2D eigenvalue weighted by Crippen LogP contribution is 2.28. The Balaban J connectivity index is 4.32. The van der Waals surface area contributed by atoms with Crippen LogP contribution in [0.4, 0.5) is 0 Å². The molecule has 0 saturated heterocycles. The number of unbranched alkanes of at least 4 members (excludes halogenated alkanes) is 1. The van der Waals surface area contributed by atoms with Crippen LogP contribution in [0.25, 0.3) is 0 Å². The summed E-state index contributed by atoms with van der Waals surface area (Å²) in [5, 5.41) is 0. The molecule has 0 bridgehead atoms. The Bertz CT molecular complexity index is 160. The number of allylic oxidation sites excluding steroid dienone is 4. The zero-order chi connectivity index (χ0) is 10.9. The van der Waals surface area contributed by atoms with Crippen LogP contribution in [0, 0.1) is 5.41 Å². The molecular weight excluding hydrogens is 168 g/mol. The van der Waals surface area contributed by atoms with Crippen molar-refractivity contribution < 1.29 is 0 Å². The van der Waals surface area contributed by atoms with Crippen LogP contribution in [0.5, 0.6) is 0 Å². The number of hydrogen-bond acceptors (Lipinski definition) is 0. The molecule has 82 valence electrons. The van der Waals surface area contributed by atoms with Gasteiger partial charge in [0, 0.05) is 5.41 Å². The maximum absolute atomic E-state index is 2.37. The van der Waals surface area contributed by atoms with Gasteiger partial charge in [-0.2, -0.15) is 0 Å². The third kappa shape index (κ3) is 6.01. The average molecular weight is 194 g/mol. The molecule has 0 nitrogen and oxygen atoms in total. The molecule has 0 rings (SSSR count). The fraction of sp³-hybridized carbons (Fsp3) is 0.714. The molecule has 0 saturated carbocycles. The lowest BCUT2D eigenvalue weighted by Crippen LogP contribution is -2.09. The zero-order valence-corrected chi connectivity index (χ0v) is 10.3. The summed E-state index contributed by atoms with van der Waals surface area (Å²) in [7, 11) is 0. The maximum atomic E-state index is 2.37. The van der Waals surface area contributed by atoms with Crippen LogP contribution in [-0.2, 0) is 0 Å². The van der Waals surface area contributed by atoms with Gasteiger partial charge < -0.3 is 0 Å². The SMILES string of the molecule is CCC=CC(C)(C=CCC)CCCC. The second-order valence-corrected chi connectivity index (χ2v) is 4.23. The Morgan fingerprint density at radius 1 is 0.929 bits per heavy atom. The minimum atomic E-state index is 0.294. The van der Waals surface area contributed by atoms with E-state index in [1.807, 2.05) is 0 Å². The molecular formula is C14H26. The Labute approximate surface area is 90.1 Å². The van der Waals surface area contributed by atoms with E-state index >= 15 is 0 Å². The lowest BCUT2D eigenvalue weighted by molar-refractivity contribution is 0.472. The summed E-state index contributed by atoms with van der Waals surface area (Å²) in [6.45, 7) is 8.98. The van der Waals surface area contributed by atoms with Crippen LogP contribution in [-0.4, -0.2) is 0 Å². The van der Waals surface area contributed by atoms with Crippen molar-refractivity contribution in [3.63, 3.8) is 0 Å². The Hall–Kier alpha value is -0.520. The summed E-state index contributed by atoms with van der Waals surface area (Å²) in [5.41, 5.74) is 0.294. The maximum Gasteiger partial charge on any atom is 0.00326 e. The smallest absolute Gasteiger partial charge is 0.00326 e. The van der Waals surface area contributed by atoms with E-state index < -0.39 is 0 Å². The Morgan fingerprint density at radius 3 is 1.79 bits per heavy atom. The van der Waals surface area contributed by atoms with Crippen LogP contribution in [0.1, 0.15) is 59.8 Å². The van der Waals surface area contributed by atoms with Gasteiger partial charge in [-0.25, -0.2) is 0 Å². The van der Waals surface area contributed by atoms with Crippen molar-refractivity contribution in [2.45, 2.75) is 59.8 Å². The molecule has 0 atom stereocenters. The molecule has 0 aromatic rings. The highest BCUT2D eigenvalue weighted by molar-refractivity contribution is 5.09. The van der Waals surface area contributed by atoms with Crippen molar-refractivity contribution in [3.8, 4) is 0 Å². The molecule has 0 spiro atoms. The summed E-state index contributed by atoms with van der Waals surface area (Å²) < 4.78 is 0. The molecule has 0 N–H and O–H groups in total. The summed E-state index contributed by atoms with van der Waals surface area (Å²) in [5.74, 6) is 0. The van der Waals surface area contributed by atoms with Gasteiger partial charge in [0.25, 0.3) is 0 Å². The molecule has 0 aliphatic rings. The highest BCUT2D eigenvalue weighted by atomic mass is 14.2. The molecule has 0 unspecified atom stereocenters. The van der Waals surface area contributed by atoms with E-state index in [1.54, 1.807) is 0 Å². The van der Waals surface area contributed by atoms with Crippen LogP contribution in [0.2, 0.25) is 0 Å². The van der Waals surface area contributed by atoms with Crippen LogP contribution in [0.15, 0.2) is 24.3 Å². The lowest BCUT2D eigenvalue weighted by Gasteiger charge is -2.21. The minimum absolute atomic E-state index is 0.294. The quantitative estimate of drug-likeness (QED) is 0.494. The standard InChI is InChI=1S/C14H26/c1-5-8-11-14(4,12-9-6-2)13-10-7-3/h8-9,11-12H,5-7,10,13H2,1-4H3. The molecule has 0 heteroatoms. The normalized spacial score (nSPS) is 16.6. The van der Waals surface area contributed by atoms with E-state index in [0.29, 0.717) is 5.41 Å². The van der Waals surface area contributed by atoms with Gasteiger partial charge in [-0.05, 0) is 19.3 Å². The van der Waals surface area contributed by atoms with E-state index in [-0.39, 0.29) is 0 Å². The second-order valence-electron chi connectivity index (χ2n) is 4.23. The minimum Gasteiger partial charge on any atom is -0.0880 e. The van der Waals surface area contributed by atoms with Crippen molar-refractivity contribution >= 4 is 0 Å². The van der Waals surface area contributed by atoms with Gasteiger partial charge in [-0.1, -0.05) is 64.8 Å². The first-order valence-corrected chi connectivity index (χ1v) is 6.04. The molecule has 0 aromatic carbocycles. The van der Waals surface area contributed by atoms with E-state index in [2.05, 4.69) is 52.0 Å². The van der Waals surface area contributed by atoms with E-state index in [9.17, 15) is 0 Å². The number of hydrogen-bond donors (Lipinski definition) is 0. The Kier molecular flexibility index (Phi) is 7.55. The average Bonchev–Trinajstić information content (AvgIpc) is 2.21. The van der Waals surface area contributed by atoms with Crippen molar-refractivity contribution in [2.24, 2.45) is 5.41 Å². The topological polar surface area (TPSA) is 0 Å². The van der Waals surface area contributed by atoms with E-state index in [4.69, 9.17) is 0 Å². The highest BCUT2D eigenvalue weighted by Gasteiger charge is 2.15. The van der Waals surface area contributed by atoms with Gasteiger partial charge in [-0.3, -0.25) is 0 Å². The molecule has 0 amide bonds. The molecule has 0 aliphatic carbocycles. The van der Waals surface area contributed by atoms with Crippen molar-refractivity contribution in [1.29, 1.82) is 0 Å². The molecule has 0 aromatic heterocycles. The van der Waals surface area contributed by atoms with E-state index in [1.165, 1.54) is 19.3 Å². The summed E-state index contributed by atoms with van der Waals surface area (Å²) in [6, 6.07) is 0. The fourth-order valence-corrected chi connectivity index (χ4v) is 1.55. The van der Waals surface area contributed by atoms with Crippen LogP contribution < -0.4 is 0 Å². The molecule has 0 fully saturated rings. The predicted octanol–water partition coefficient (Wildman–Crippen LogP) is 5.12. The third-order valence-corrected chi connectivity index (χ3v) is 2.54. The lowest BCUT2D eigenvalue weighted by atomic mass is 9.84. The number of rotatable bonds is 7. The van der Waals surface area contributed by atoms with Crippen molar-refractivity contribution in [2.75, 3.05) is 0 Å². The van der Waals surface area contributed by atoms with Crippen molar-refractivity contribution in [3.05, 3.63) is 24.3 Å². The first-order chi connectivity index (χ1) is 6.68. The van der Waals surface area contributed by atoms with Gasteiger partial charge in [0.1, 0.15) is 0 Å². The van der Waals surface area contributed by atoms with Crippen LogP contribution >= 0.6 is 0 Å². The summed E-state index contributed by atoms with van der Waals surface area (Å²) >= 11 is 0. The van der Waals surface area contributed by atoms with Gasteiger partial charge in [0.15, 0.2) is 0 Å². The zero-order valence-electron chi connectivity index (χ0n) is 10.3. The Morgan fingerprint density at radius 2 is 1.43 bits per heavy atom. The van der Waals surface area contributed by atoms with Gasteiger partial charge in [0.2, 0.25) is 0 Å². The van der Waals surface area contributed by atoms with E-state index in [0.717, 1.165) is 12.8 Å². The monoisotopic (exact) mass is 194 g/mol. The second kappa shape index (κ2) is 7.84. The summed E-state index contributed by atoms with van der Waals surface area (Å²) in [6.07, 6.45) is 15.5. The third-order valence-electron chi connectivity index (χ3n) is 2.54. The molecule has 0 aliphatic heterocycles. The largest absolute Gasteiger partial charge is 0.0880 e. The van der Waals surface area contributed by atoms with Crippen LogP contribution in [0.3, 0.4) is 0 Å². The first-order valence-electron chi connectivity index (χ1n) is 6.04. The van der Waals surface area contributed by atoms with Gasteiger partial charge in [0.05, 0.1) is 0 Å². The first kappa shape index (κ1) is 13.5. The molecule has 0 radical (unpaired) electrons. The fourth-order valence-electron chi connectivity index (χ4n) is 1.55. The summed E-state index contributed by atoms with van der Waals surface area (Å²) in [4.78, 5) is 0. The van der Waals surface area contributed by atoms with Crippen molar-refractivity contribution in [1.82, 2.24) is 0 Å². The van der Waals surface area contributed by atoms with Gasteiger partial charge >= 0.3 is 0 Å². The van der Waals surface area contributed by atoms with Gasteiger partial charge in [-0.15, -0.1) is 0 Å². The molecule has 0 heterocycles. The predicted molar refractivity (Wildman–Crippen MR) is 66.5 cm³/mol. The molecule has 14 heavy (non-hydrogen) atoms.